The summed E-state index contributed by atoms with van der Waals surface area (Å²) in [6.07, 6.45) is -0.647. The van der Waals surface area contributed by atoms with E-state index in [2.05, 4.69) is 10.3 Å². The van der Waals surface area contributed by atoms with Gasteiger partial charge in [0.2, 0.25) is 0 Å². The van der Waals surface area contributed by atoms with Crippen molar-refractivity contribution < 1.29 is 14.6 Å². The van der Waals surface area contributed by atoms with E-state index in [4.69, 9.17) is 9.47 Å². The fraction of sp³-hybridized carbons (Fsp3) is 0.409. The zero-order valence-electron chi connectivity index (χ0n) is 16.8. The number of benzene rings is 2. The Morgan fingerprint density at radius 3 is 2.46 bits per heavy atom. The van der Waals surface area contributed by atoms with Gasteiger partial charge in [0.15, 0.2) is 5.96 Å². The molecule has 2 rings (SSSR count). The van der Waals surface area contributed by atoms with Crippen LogP contribution >= 0.6 is 0 Å². The quantitative estimate of drug-likeness (QED) is 0.460. The zero-order chi connectivity index (χ0) is 20.0. The number of rotatable bonds is 11. The summed E-state index contributed by atoms with van der Waals surface area (Å²) in [6.45, 7) is 5.01. The number of nitrogens with zero attached hydrogens (tertiary/aromatic N) is 2. The van der Waals surface area contributed by atoms with Crippen LogP contribution in [0, 0.1) is 0 Å². The van der Waals surface area contributed by atoms with Crippen molar-refractivity contribution in [1.82, 2.24) is 10.2 Å². The maximum atomic E-state index is 10.1. The Kier molecular flexibility index (Phi) is 9.89. The Hall–Kier alpha value is -2.57. The molecule has 0 fully saturated rings. The van der Waals surface area contributed by atoms with Crippen LogP contribution in [0.5, 0.6) is 5.75 Å². The van der Waals surface area contributed by atoms with Gasteiger partial charge in [-0.1, -0.05) is 48.5 Å². The van der Waals surface area contributed by atoms with Gasteiger partial charge in [-0.2, -0.15) is 0 Å². The van der Waals surface area contributed by atoms with Crippen LogP contribution in [0.3, 0.4) is 0 Å². The van der Waals surface area contributed by atoms with E-state index >= 15 is 0 Å². The number of aliphatic hydroxyl groups excluding tert-OH is 1. The van der Waals surface area contributed by atoms with Gasteiger partial charge in [0.25, 0.3) is 0 Å². The Bertz CT molecular complexity index is 680. The summed E-state index contributed by atoms with van der Waals surface area (Å²) in [5.74, 6) is 1.59. The molecule has 2 aromatic rings. The smallest absolute Gasteiger partial charge is 0.193 e. The molecule has 0 saturated heterocycles. The van der Waals surface area contributed by atoms with E-state index in [0.717, 1.165) is 23.8 Å². The summed E-state index contributed by atoms with van der Waals surface area (Å²) >= 11 is 0. The first-order valence-corrected chi connectivity index (χ1v) is 9.66. The molecule has 0 radical (unpaired) electrons. The minimum Gasteiger partial charge on any atom is -0.492 e. The van der Waals surface area contributed by atoms with Gasteiger partial charge in [0, 0.05) is 13.6 Å². The van der Waals surface area contributed by atoms with Crippen molar-refractivity contribution in [3.05, 3.63) is 66.2 Å². The van der Waals surface area contributed by atoms with Gasteiger partial charge in [-0.05, 0) is 24.6 Å². The van der Waals surface area contributed by atoms with Crippen molar-refractivity contribution in [2.75, 3.05) is 39.9 Å². The molecule has 0 spiro atoms. The molecule has 0 bridgehead atoms. The molecule has 0 aliphatic carbocycles. The molecule has 2 aromatic carbocycles. The van der Waals surface area contributed by atoms with E-state index in [0.29, 0.717) is 19.8 Å². The fourth-order valence-electron chi connectivity index (χ4n) is 2.52. The summed E-state index contributed by atoms with van der Waals surface area (Å²) in [4.78, 5) is 6.50. The lowest BCUT2D eigenvalue weighted by Gasteiger charge is -2.22. The molecule has 6 nitrogen and oxygen atoms in total. The highest BCUT2D eigenvalue weighted by Gasteiger charge is 2.09. The number of nitrogens with one attached hydrogen (secondary N) is 1. The summed E-state index contributed by atoms with van der Waals surface area (Å²) in [5, 5.41) is 13.4. The van der Waals surface area contributed by atoms with Crippen LogP contribution in [0.15, 0.2) is 65.7 Å². The number of likely N-dealkylation sites (N-methyl/N-ethyl adjacent to an activating group) is 1. The van der Waals surface area contributed by atoms with Crippen LogP contribution in [-0.4, -0.2) is 62.0 Å². The molecule has 1 unspecified atom stereocenters. The second-order valence-corrected chi connectivity index (χ2v) is 6.43. The van der Waals surface area contributed by atoms with Gasteiger partial charge in [0.1, 0.15) is 12.4 Å². The van der Waals surface area contributed by atoms with Crippen molar-refractivity contribution in [2.45, 2.75) is 19.6 Å². The molecule has 0 saturated carbocycles. The highest BCUT2D eigenvalue weighted by Crippen LogP contribution is 2.07. The second-order valence-electron chi connectivity index (χ2n) is 6.43. The normalized spacial score (nSPS) is 12.5. The maximum Gasteiger partial charge on any atom is 0.193 e. The Labute approximate surface area is 167 Å². The van der Waals surface area contributed by atoms with E-state index in [9.17, 15) is 5.11 Å². The number of aliphatic hydroxyl groups is 1. The Balaban J connectivity index is 1.73. The molecule has 0 amide bonds. The first-order chi connectivity index (χ1) is 13.7. The topological polar surface area (TPSA) is 66.3 Å². The third-order valence-electron chi connectivity index (χ3n) is 4.01. The summed E-state index contributed by atoms with van der Waals surface area (Å²) < 4.78 is 11.3. The Morgan fingerprint density at radius 2 is 1.79 bits per heavy atom. The van der Waals surface area contributed by atoms with Gasteiger partial charge in [-0.3, -0.25) is 4.99 Å². The van der Waals surface area contributed by atoms with E-state index in [1.807, 2.05) is 79.5 Å². The molecule has 0 aromatic heterocycles. The van der Waals surface area contributed by atoms with E-state index in [1.165, 1.54) is 0 Å². The molecule has 0 aliphatic heterocycles. The van der Waals surface area contributed by atoms with Gasteiger partial charge in [-0.15, -0.1) is 0 Å². The molecule has 6 heteroatoms. The highest BCUT2D eigenvalue weighted by molar-refractivity contribution is 5.79. The van der Waals surface area contributed by atoms with Crippen molar-refractivity contribution in [3.8, 4) is 5.75 Å². The largest absolute Gasteiger partial charge is 0.492 e. The highest BCUT2D eigenvalue weighted by atomic mass is 16.5. The first-order valence-electron chi connectivity index (χ1n) is 9.66. The van der Waals surface area contributed by atoms with E-state index < -0.39 is 6.10 Å². The fourth-order valence-corrected chi connectivity index (χ4v) is 2.52. The molecular formula is C22H31N3O3. The molecule has 0 heterocycles. The monoisotopic (exact) mass is 385 g/mol. The van der Waals surface area contributed by atoms with Crippen LogP contribution in [0.4, 0.5) is 0 Å². The van der Waals surface area contributed by atoms with Crippen LogP contribution in [0.25, 0.3) is 0 Å². The van der Waals surface area contributed by atoms with Gasteiger partial charge < -0.3 is 24.8 Å². The minimum atomic E-state index is -0.647. The van der Waals surface area contributed by atoms with Crippen LogP contribution < -0.4 is 10.1 Å². The molecular weight excluding hydrogens is 354 g/mol. The van der Waals surface area contributed by atoms with Crippen molar-refractivity contribution in [2.24, 2.45) is 4.99 Å². The zero-order valence-corrected chi connectivity index (χ0v) is 16.8. The average Bonchev–Trinajstić information content (AvgIpc) is 2.72. The van der Waals surface area contributed by atoms with Gasteiger partial charge in [0.05, 0.1) is 32.4 Å². The molecule has 152 valence electrons. The number of hydrogen-bond donors (Lipinski definition) is 2. The van der Waals surface area contributed by atoms with Crippen LogP contribution in [-0.2, 0) is 11.3 Å². The number of hydrogen-bond acceptors (Lipinski definition) is 4. The van der Waals surface area contributed by atoms with Crippen molar-refractivity contribution in [1.29, 1.82) is 0 Å². The number of aliphatic imine (C=N–C) groups is 1. The number of ether oxygens (including phenoxy) is 2. The van der Waals surface area contributed by atoms with E-state index in [1.54, 1.807) is 0 Å². The Morgan fingerprint density at radius 1 is 1.11 bits per heavy atom. The number of guanidine groups is 1. The number of para-hydroxylation sites is 1. The first kappa shape index (κ1) is 21.7. The molecule has 28 heavy (non-hydrogen) atoms. The molecule has 1 atom stereocenters. The summed E-state index contributed by atoms with van der Waals surface area (Å²) in [6, 6.07) is 19.6. The second kappa shape index (κ2) is 12.8. The lowest BCUT2D eigenvalue weighted by atomic mass is 10.2. The van der Waals surface area contributed by atoms with Gasteiger partial charge in [-0.25, -0.2) is 0 Å². The predicted molar refractivity (Wildman–Crippen MR) is 113 cm³/mol. The van der Waals surface area contributed by atoms with Crippen LogP contribution in [0.1, 0.15) is 12.5 Å². The minimum absolute atomic E-state index is 0.249. The third-order valence-corrected chi connectivity index (χ3v) is 4.01. The average molecular weight is 386 g/mol. The van der Waals surface area contributed by atoms with Crippen LogP contribution in [0.2, 0.25) is 0 Å². The maximum absolute atomic E-state index is 10.1. The third kappa shape index (κ3) is 8.41. The lowest BCUT2D eigenvalue weighted by Crippen LogP contribution is -2.41. The predicted octanol–water partition coefficient (Wildman–Crippen LogP) is 2.54. The van der Waals surface area contributed by atoms with Crippen molar-refractivity contribution >= 4 is 5.96 Å². The lowest BCUT2D eigenvalue weighted by molar-refractivity contribution is 0.0330. The SMILES string of the molecule is CCNC(=NCC(O)COCc1ccccc1)N(C)CCOc1ccccc1. The van der Waals surface area contributed by atoms with Gasteiger partial charge >= 0.3 is 0 Å². The summed E-state index contributed by atoms with van der Waals surface area (Å²) in [7, 11) is 1.95. The van der Waals surface area contributed by atoms with E-state index in [-0.39, 0.29) is 13.2 Å². The summed E-state index contributed by atoms with van der Waals surface area (Å²) in [5.41, 5.74) is 1.09. The standard InChI is InChI=1S/C22H31N3O3/c1-3-23-22(25(2)14-15-28-21-12-8-5-9-13-21)24-16-20(26)18-27-17-19-10-6-4-7-11-19/h4-13,20,26H,3,14-18H2,1-2H3,(H,23,24). The molecule has 2 N–H and O–H groups in total. The van der Waals surface area contributed by atoms with Crippen molar-refractivity contribution in [3.63, 3.8) is 0 Å². The molecule has 0 aliphatic rings.